The predicted octanol–water partition coefficient (Wildman–Crippen LogP) is 1.35. The first-order chi connectivity index (χ1) is 8.29. The second kappa shape index (κ2) is 6.33. The highest BCUT2D eigenvalue weighted by atomic mass is 79.9. The van der Waals surface area contributed by atoms with Gasteiger partial charge in [-0.1, -0.05) is 0 Å². The first kappa shape index (κ1) is 12.8. The average Bonchev–Trinajstić information content (AvgIpc) is 2.55. The van der Waals surface area contributed by atoms with Gasteiger partial charge in [0.1, 0.15) is 0 Å². The molecule has 0 bridgehead atoms. The number of rotatable bonds is 3. The third-order valence-corrected chi connectivity index (χ3v) is 3.49. The van der Waals surface area contributed by atoms with Crippen LogP contribution in [0.1, 0.15) is 6.42 Å². The van der Waals surface area contributed by atoms with Crippen molar-refractivity contribution in [2.24, 2.45) is 0 Å². The molecule has 0 spiro atoms. The van der Waals surface area contributed by atoms with Crippen LogP contribution in [0.5, 0.6) is 0 Å². The molecule has 94 valence electrons. The number of aromatic nitrogens is 1. The molecule has 1 aromatic rings. The van der Waals surface area contributed by atoms with Crippen LogP contribution >= 0.6 is 15.9 Å². The van der Waals surface area contributed by atoms with E-state index in [4.69, 9.17) is 5.11 Å². The van der Waals surface area contributed by atoms with E-state index >= 15 is 0 Å². The maximum Gasteiger partial charge on any atom is 0.0564 e. The van der Waals surface area contributed by atoms with E-state index in [1.165, 1.54) is 5.69 Å². The molecule has 0 saturated carbocycles. The molecule has 1 aliphatic heterocycles. The summed E-state index contributed by atoms with van der Waals surface area (Å²) in [5.74, 6) is 0. The molecule has 4 nitrogen and oxygen atoms in total. The molecule has 5 heteroatoms. The summed E-state index contributed by atoms with van der Waals surface area (Å²) in [5.41, 5.74) is 1.17. The van der Waals surface area contributed by atoms with Crippen LogP contribution in [0.4, 0.5) is 5.69 Å². The molecule has 0 atom stereocenters. The van der Waals surface area contributed by atoms with Crippen LogP contribution < -0.4 is 4.90 Å². The second-order valence-electron chi connectivity index (χ2n) is 4.27. The van der Waals surface area contributed by atoms with E-state index in [0.29, 0.717) is 0 Å². The lowest BCUT2D eigenvalue weighted by atomic mass is 10.3. The van der Waals surface area contributed by atoms with Crippen molar-refractivity contribution < 1.29 is 5.11 Å². The van der Waals surface area contributed by atoms with Gasteiger partial charge in [-0.15, -0.1) is 0 Å². The zero-order chi connectivity index (χ0) is 12.1. The number of halogens is 1. The lowest BCUT2D eigenvalue weighted by molar-refractivity contribution is 0.204. The van der Waals surface area contributed by atoms with Gasteiger partial charge in [0, 0.05) is 36.8 Å². The zero-order valence-corrected chi connectivity index (χ0v) is 11.4. The highest BCUT2D eigenvalue weighted by Crippen LogP contribution is 2.19. The van der Waals surface area contributed by atoms with E-state index in [0.717, 1.165) is 43.6 Å². The van der Waals surface area contributed by atoms with Gasteiger partial charge in [-0.2, -0.15) is 0 Å². The van der Waals surface area contributed by atoms with Gasteiger partial charge in [0.25, 0.3) is 0 Å². The topological polar surface area (TPSA) is 39.6 Å². The van der Waals surface area contributed by atoms with Crippen molar-refractivity contribution in [2.45, 2.75) is 6.42 Å². The molecule has 0 unspecified atom stereocenters. The fourth-order valence-electron chi connectivity index (χ4n) is 2.17. The Bertz CT molecular complexity index is 361. The molecule has 1 aliphatic rings. The Kier molecular flexibility index (Phi) is 4.76. The SMILES string of the molecule is OCCN1CCCN(c2cncc(Br)c2)CC1. The molecule has 17 heavy (non-hydrogen) atoms. The number of anilines is 1. The fraction of sp³-hybridized carbons (Fsp3) is 0.583. The van der Waals surface area contributed by atoms with Gasteiger partial charge in [-0.05, 0) is 35.0 Å². The third-order valence-electron chi connectivity index (χ3n) is 3.06. The largest absolute Gasteiger partial charge is 0.395 e. The van der Waals surface area contributed by atoms with Gasteiger partial charge < -0.3 is 10.0 Å². The van der Waals surface area contributed by atoms with E-state index in [9.17, 15) is 0 Å². The Morgan fingerprint density at radius 3 is 2.88 bits per heavy atom. The number of hydrogen-bond acceptors (Lipinski definition) is 4. The van der Waals surface area contributed by atoms with Crippen LogP contribution in [0.15, 0.2) is 22.9 Å². The number of aliphatic hydroxyl groups excluding tert-OH is 1. The first-order valence-electron chi connectivity index (χ1n) is 5.98. The average molecular weight is 300 g/mol. The van der Waals surface area contributed by atoms with Gasteiger partial charge in [0.15, 0.2) is 0 Å². The molecule has 1 aromatic heterocycles. The minimum absolute atomic E-state index is 0.248. The molecule has 0 radical (unpaired) electrons. The smallest absolute Gasteiger partial charge is 0.0564 e. The minimum atomic E-state index is 0.248. The van der Waals surface area contributed by atoms with Gasteiger partial charge in [-0.3, -0.25) is 9.88 Å². The molecule has 1 N–H and O–H groups in total. The molecule has 0 amide bonds. The summed E-state index contributed by atoms with van der Waals surface area (Å²) in [7, 11) is 0. The van der Waals surface area contributed by atoms with Crippen LogP contribution in [0, 0.1) is 0 Å². The van der Waals surface area contributed by atoms with Crippen LogP contribution in [-0.2, 0) is 0 Å². The summed E-state index contributed by atoms with van der Waals surface area (Å²) in [6, 6.07) is 2.11. The Labute approximate surface area is 110 Å². The number of nitrogens with zero attached hydrogens (tertiary/aromatic N) is 3. The standard InChI is InChI=1S/C12H18BrN3O/c13-11-8-12(10-14-9-11)16-3-1-2-15(4-5-16)6-7-17/h8-10,17H,1-7H2. The summed E-state index contributed by atoms with van der Waals surface area (Å²) in [6.07, 6.45) is 4.85. The highest BCUT2D eigenvalue weighted by molar-refractivity contribution is 9.10. The summed E-state index contributed by atoms with van der Waals surface area (Å²) >= 11 is 3.45. The molecular formula is C12H18BrN3O. The Morgan fingerprint density at radius 2 is 2.12 bits per heavy atom. The molecular weight excluding hydrogens is 282 g/mol. The van der Waals surface area contributed by atoms with Crippen molar-refractivity contribution >= 4 is 21.6 Å². The summed E-state index contributed by atoms with van der Waals surface area (Å²) in [4.78, 5) is 8.87. The third kappa shape index (κ3) is 3.66. The van der Waals surface area contributed by atoms with Crippen molar-refractivity contribution in [3.8, 4) is 0 Å². The van der Waals surface area contributed by atoms with Gasteiger partial charge in [0.2, 0.25) is 0 Å². The Hall–Kier alpha value is -0.650. The Morgan fingerprint density at radius 1 is 1.24 bits per heavy atom. The van der Waals surface area contributed by atoms with Crippen molar-refractivity contribution in [1.82, 2.24) is 9.88 Å². The van der Waals surface area contributed by atoms with Crippen molar-refractivity contribution in [2.75, 3.05) is 44.2 Å². The maximum absolute atomic E-state index is 8.96. The number of pyridine rings is 1. The van der Waals surface area contributed by atoms with Crippen LogP contribution in [0.25, 0.3) is 0 Å². The van der Waals surface area contributed by atoms with Gasteiger partial charge >= 0.3 is 0 Å². The second-order valence-corrected chi connectivity index (χ2v) is 5.18. The normalized spacial score (nSPS) is 18.1. The van der Waals surface area contributed by atoms with Crippen LogP contribution in [0.3, 0.4) is 0 Å². The fourth-order valence-corrected chi connectivity index (χ4v) is 2.52. The lowest BCUT2D eigenvalue weighted by Gasteiger charge is -2.23. The van der Waals surface area contributed by atoms with E-state index < -0.39 is 0 Å². The number of hydrogen-bond donors (Lipinski definition) is 1. The van der Waals surface area contributed by atoms with Crippen molar-refractivity contribution in [3.05, 3.63) is 22.9 Å². The van der Waals surface area contributed by atoms with Gasteiger partial charge in [-0.25, -0.2) is 0 Å². The number of β-amino-alcohol motifs (C(OH)–C–C–N with tert-alkyl or cyclic N) is 1. The summed E-state index contributed by atoms with van der Waals surface area (Å²) in [5, 5.41) is 8.96. The molecule has 2 heterocycles. The zero-order valence-electron chi connectivity index (χ0n) is 9.85. The number of aliphatic hydroxyl groups is 1. The van der Waals surface area contributed by atoms with E-state index in [2.05, 4.69) is 36.8 Å². The molecule has 0 aromatic carbocycles. The van der Waals surface area contributed by atoms with Crippen LogP contribution in [-0.4, -0.2) is 54.3 Å². The summed E-state index contributed by atoms with van der Waals surface area (Å²) in [6.45, 7) is 5.16. The quantitative estimate of drug-likeness (QED) is 0.915. The monoisotopic (exact) mass is 299 g/mol. The van der Waals surface area contributed by atoms with E-state index in [-0.39, 0.29) is 6.61 Å². The molecule has 0 aliphatic carbocycles. The molecule has 1 fully saturated rings. The highest BCUT2D eigenvalue weighted by Gasteiger charge is 2.14. The maximum atomic E-state index is 8.96. The summed E-state index contributed by atoms with van der Waals surface area (Å²) < 4.78 is 1.02. The molecule has 2 rings (SSSR count). The minimum Gasteiger partial charge on any atom is -0.395 e. The van der Waals surface area contributed by atoms with E-state index in [1.54, 1.807) is 6.20 Å². The molecule has 1 saturated heterocycles. The van der Waals surface area contributed by atoms with Crippen LogP contribution in [0.2, 0.25) is 0 Å². The van der Waals surface area contributed by atoms with Gasteiger partial charge in [0.05, 0.1) is 18.5 Å². The van der Waals surface area contributed by atoms with Crippen molar-refractivity contribution in [3.63, 3.8) is 0 Å². The lowest BCUT2D eigenvalue weighted by Crippen LogP contribution is -2.32. The first-order valence-corrected chi connectivity index (χ1v) is 6.77. The Balaban J connectivity index is 1.99. The predicted molar refractivity (Wildman–Crippen MR) is 72.3 cm³/mol. The van der Waals surface area contributed by atoms with Crippen molar-refractivity contribution in [1.29, 1.82) is 0 Å². The van der Waals surface area contributed by atoms with E-state index in [1.807, 2.05) is 6.20 Å².